The zero-order chi connectivity index (χ0) is 18.4. The fraction of sp³-hybridized carbons (Fsp3) is 1.00. The Balaban J connectivity index is 4.06. The van der Waals surface area contributed by atoms with Gasteiger partial charge in [-0.25, -0.2) is 4.18 Å². The molecule has 24 heavy (non-hydrogen) atoms. The van der Waals surface area contributed by atoms with E-state index < -0.39 is 10.4 Å². The lowest BCUT2D eigenvalue weighted by Gasteiger charge is -2.27. The summed E-state index contributed by atoms with van der Waals surface area (Å²) in [5.74, 6) is 0.473. The molecule has 5 nitrogen and oxygen atoms in total. The minimum Gasteiger partial charge on any atom is -0.373 e. The van der Waals surface area contributed by atoms with Crippen LogP contribution in [0.5, 0.6) is 0 Å². The minimum atomic E-state index is -4.40. The first-order valence-electron chi connectivity index (χ1n) is 9.61. The van der Waals surface area contributed by atoms with Crippen LogP contribution < -0.4 is 0 Å². The summed E-state index contributed by atoms with van der Waals surface area (Å²) in [6.45, 7) is 8.24. The summed E-state index contributed by atoms with van der Waals surface area (Å²) in [5.41, 5.74) is 0. The second-order valence-corrected chi connectivity index (χ2v) is 7.75. The van der Waals surface area contributed by atoms with Crippen molar-refractivity contribution in [2.45, 2.75) is 104 Å². The molecule has 0 aliphatic rings. The SMILES string of the molecule is CCCCCCCCCC(CC)C(C)OC(CC)COS(=O)(=O)O. The van der Waals surface area contributed by atoms with Crippen LogP contribution in [0.3, 0.4) is 0 Å². The van der Waals surface area contributed by atoms with Crippen LogP contribution in [0.1, 0.15) is 91.9 Å². The number of hydrogen-bond acceptors (Lipinski definition) is 4. The maximum atomic E-state index is 10.7. The van der Waals surface area contributed by atoms with Crippen LogP contribution in [-0.4, -0.2) is 31.8 Å². The van der Waals surface area contributed by atoms with Gasteiger partial charge in [-0.05, 0) is 25.7 Å². The molecular formula is C18H38O5S. The van der Waals surface area contributed by atoms with Gasteiger partial charge < -0.3 is 4.74 Å². The van der Waals surface area contributed by atoms with E-state index in [1.165, 1.54) is 44.9 Å². The maximum Gasteiger partial charge on any atom is 0.397 e. The number of unbranched alkanes of at least 4 members (excludes halogenated alkanes) is 6. The highest BCUT2D eigenvalue weighted by Crippen LogP contribution is 2.22. The molecule has 0 aromatic carbocycles. The van der Waals surface area contributed by atoms with Gasteiger partial charge in [0.15, 0.2) is 0 Å². The first-order valence-corrected chi connectivity index (χ1v) is 11.0. The van der Waals surface area contributed by atoms with Crippen LogP contribution in [0.15, 0.2) is 0 Å². The van der Waals surface area contributed by atoms with Crippen LogP contribution in [-0.2, 0) is 19.3 Å². The van der Waals surface area contributed by atoms with E-state index in [0.29, 0.717) is 12.3 Å². The lowest BCUT2D eigenvalue weighted by molar-refractivity contribution is -0.0553. The predicted molar refractivity (Wildman–Crippen MR) is 98.5 cm³/mol. The Kier molecular flexibility index (Phi) is 13.9. The average molecular weight is 367 g/mol. The van der Waals surface area contributed by atoms with E-state index in [0.717, 1.165) is 12.8 Å². The molecule has 0 aliphatic heterocycles. The highest BCUT2D eigenvalue weighted by atomic mass is 32.3. The van der Waals surface area contributed by atoms with Crippen molar-refractivity contribution >= 4 is 10.4 Å². The zero-order valence-corrected chi connectivity index (χ0v) is 16.8. The molecule has 0 saturated heterocycles. The highest BCUT2D eigenvalue weighted by molar-refractivity contribution is 7.80. The summed E-state index contributed by atoms with van der Waals surface area (Å²) < 4.78 is 40.4. The molecule has 0 aromatic heterocycles. The van der Waals surface area contributed by atoms with E-state index in [4.69, 9.17) is 9.29 Å². The lowest BCUT2D eigenvalue weighted by atomic mass is 9.93. The minimum absolute atomic E-state index is 0.0602. The molecule has 6 heteroatoms. The van der Waals surface area contributed by atoms with E-state index in [2.05, 4.69) is 18.0 Å². The van der Waals surface area contributed by atoms with Gasteiger partial charge in [0.1, 0.15) is 0 Å². The Morgan fingerprint density at radius 2 is 1.50 bits per heavy atom. The van der Waals surface area contributed by atoms with Gasteiger partial charge >= 0.3 is 10.4 Å². The summed E-state index contributed by atoms with van der Waals surface area (Å²) in [6.07, 6.45) is 11.7. The van der Waals surface area contributed by atoms with Gasteiger partial charge in [-0.2, -0.15) is 8.42 Å². The Bertz CT molecular complexity index is 383. The van der Waals surface area contributed by atoms with E-state index in [1.807, 2.05) is 13.8 Å². The first kappa shape index (κ1) is 23.8. The van der Waals surface area contributed by atoms with Gasteiger partial charge in [0, 0.05) is 0 Å². The van der Waals surface area contributed by atoms with E-state index in [-0.39, 0.29) is 18.8 Å². The first-order chi connectivity index (χ1) is 11.3. The van der Waals surface area contributed by atoms with Crippen molar-refractivity contribution in [3.63, 3.8) is 0 Å². The van der Waals surface area contributed by atoms with Gasteiger partial charge in [-0.1, -0.05) is 72.1 Å². The Labute approximate surface area is 149 Å². The van der Waals surface area contributed by atoms with Crippen LogP contribution >= 0.6 is 0 Å². The van der Waals surface area contributed by atoms with Gasteiger partial charge in [0.05, 0.1) is 18.8 Å². The zero-order valence-electron chi connectivity index (χ0n) is 16.0. The molecule has 3 unspecified atom stereocenters. The Hall–Kier alpha value is -0.170. The van der Waals surface area contributed by atoms with Crippen LogP contribution in [0, 0.1) is 5.92 Å². The summed E-state index contributed by atoms with van der Waals surface area (Å²) >= 11 is 0. The fourth-order valence-corrected chi connectivity index (χ4v) is 3.29. The lowest BCUT2D eigenvalue weighted by Crippen LogP contribution is -2.30. The van der Waals surface area contributed by atoms with E-state index in [9.17, 15) is 8.42 Å². The van der Waals surface area contributed by atoms with Crippen molar-refractivity contribution in [1.82, 2.24) is 0 Å². The van der Waals surface area contributed by atoms with Crippen LogP contribution in [0.4, 0.5) is 0 Å². The topological polar surface area (TPSA) is 72.8 Å². The van der Waals surface area contributed by atoms with Crippen molar-refractivity contribution in [3.05, 3.63) is 0 Å². The van der Waals surface area contributed by atoms with Crippen molar-refractivity contribution in [2.24, 2.45) is 5.92 Å². The predicted octanol–water partition coefficient (Wildman–Crippen LogP) is 5.16. The summed E-state index contributed by atoms with van der Waals surface area (Å²) in [7, 11) is -4.40. The molecular weight excluding hydrogens is 328 g/mol. The molecule has 0 aliphatic carbocycles. The van der Waals surface area contributed by atoms with Gasteiger partial charge in [0.25, 0.3) is 0 Å². The van der Waals surface area contributed by atoms with Crippen molar-refractivity contribution in [3.8, 4) is 0 Å². The number of hydrogen-bond donors (Lipinski definition) is 1. The summed E-state index contributed by atoms with van der Waals surface area (Å²) in [6, 6.07) is 0. The third kappa shape index (κ3) is 13.2. The molecule has 0 fully saturated rings. The molecule has 0 radical (unpaired) electrons. The second kappa shape index (κ2) is 14.0. The van der Waals surface area contributed by atoms with Crippen LogP contribution in [0.25, 0.3) is 0 Å². The van der Waals surface area contributed by atoms with Crippen molar-refractivity contribution in [2.75, 3.05) is 6.61 Å². The summed E-state index contributed by atoms with van der Waals surface area (Å²) in [4.78, 5) is 0. The van der Waals surface area contributed by atoms with Crippen LogP contribution in [0.2, 0.25) is 0 Å². The molecule has 146 valence electrons. The monoisotopic (exact) mass is 366 g/mol. The molecule has 0 spiro atoms. The molecule has 0 saturated carbocycles. The smallest absolute Gasteiger partial charge is 0.373 e. The quantitative estimate of drug-likeness (QED) is 0.302. The number of rotatable bonds is 16. The molecule has 0 aromatic rings. The standard InChI is InChI=1S/C18H38O5S/c1-5-8-9-10-11-12-13-14-17(6-2)16(4)23-18(7-3)15-22-24(19,20)21/h16-18H,5-15H2,1-4H3,(H,19,20,21). The Morgan fingerprint density at radius 3 is 2.00 bits per heavy atom. The molecule has 0 heterocycles. The highest BCUT2D eigenvalue weighted by Gasteiger charge is 2.21. The molecule has 0 amide bonds. The van der Waals surface area contributed by atoms with Crippen molar-refractivity contribution < 1.29 is 21.9 Å². The molecule has 0 bridgehead atoms. The van der Waals surface area contributed by atoms with Gasteiger partial charge in [-0.15, -0.1) is 0 Å². The molecule has 1 N–H and O–H groups in total. The summed E-state index contributed by atoms with van der Waals surface area (Å²) in [5, 5.41) is 0. The third-order valence-electron chi connectivity index (χ3n) is 4.63. The van der Waals surface area contributed by atoms with E-state index >= 15 is 0 Å². The van der Waals surface area contributed by atoms with Gasteiger partial charge in [-0.3, -0.25) is 4.55 Å². The Morgan fingerprint density at radius 1 is 0.917 bits per heavy atom. The number of ether oxygens (including phenoxy) is 1. The molecule has 0 rings (SSSR count). The normalized spacial score (nSPS) is 16.0. The fourth-order valence-electron chi connectivity index (χ4n) is 2.96. The largest absolute Gasteiger partial charge is 0.397 e. The molecule has 3 atom stereocenters. The van der Waals surface area contributed by atoms with Crippen molar-refractivity contribution in [1.29, 1.82) is 0 Å². The average Bonchev–Trinajstić information content (AvgIpc) is 2.53. The van der Waals surface area contributed by atoms with E-state index in [1.54, 1.807) is 0 Å². The second-order valence-electron chi connectivity index (χ2n) is 6.66. The van der Waals surface area contributed by atoms with Gasteiger partial charge in [0.2, 0.25) is 0 Å². The third-order valence-corrected chi connectivity index (χ3v) is 5.07. The maximum absolute atomic E-state index is 10.7.